The van der Waals surface area contributed by atoms with E-state index in [9.17, 15) is 5.11 Å². The molecule has 0 spiro atoms. The van der Waals surface area contributed by atoms with Crippen LogP contribution in [0.1, 0.15) is 31.1 Å². The summed E-state index contributed by atoms with van der Waals surface area (Å²) in [6.07, 6.45) is 0. The fourth-order valence-corrected chi connectivity index (χ4v) is 1.71. The fourth-order valence-electron chi connectivity index (χ4n) is 1.71. The van der Waals surface area contributed by atoms with Crippen LogP contribution < -0.4 is 0 Å². The number of benzene rings is 1. The summed E-state index contributed by atoms with van der Waals surface area (Å²) in [4.78, 5) is 4.29. The van der Waals surface area contributed by atoms with Crippen molar-refractivity contribution in [2.75, 3.05) is 7.11 Å². The molecule has 5 nitrogen and oxygen atoms in total. The summed E-state index contributed by atoms with van der Waals surface area (Å²) in [5.74, 6) is 1.23. The van der Waals surface area contributed by atoms with E-state index in [1.165, 1.54) is 0 Å². The molecule has 0 fully saturated rings. The number of aromatic hydroxyl groups is 1. The van der Waals surface area contributed by atoms with Crippen LogP contribution in [0.15, 0.2) is 28.8 Å². The summed E-state index contributed by atoms with van der Waals surface area (Å²) >= 11 is 0. The predicted octanol–water partition coefficient (Wildman–Crippen LogP) is 2.25. The van der Waals surface area contributed by atoms with Crippen LogP contribution in [0.25, 0.3) is 0 Å². The van der Waals surface area contributed by atoms with Gasteiger partial charge in [0.2, 0.25) is 5.89 Å². The zero-order valence-corrected chi connectivity index (χ0v) is 10.7. The Balaban J connectivity index is 2.34. The average Bonchev–Trinajstić information content (AvgIpc) is 2.79. The third-order valence-corrected chi connectivity index (χ3v) is 2.84. The molecule has 0 unspecified atom stereocenters. The van der Waals surface area contributed by atoms with Crippen LogP contribution in [0.5, 0.6) is 5.75 Å². The lowest BCUT2D eigenvalue weighted by Crippen LogP contribution is -2.19. The largest absolute Gasteiger partial charge is 0.508 e. The van der Waals surface area contributed by atoms with E-state index in [0.717, 1.165) is 5.56 Å². The van der Waals surface area contributed by atoms with Crippen molar-refractivity contribution in [3.63, 3.8) is 0 Å². The smallest absolute Gasteiger partial charge is 0.236 e. The molecule has 0 bridgehead atoms. The summed E-state index contributed by atoms with van der Waals surface area (Å²) in [5, 5.41) is 13.4. The van der Waals surface area contributed by atoms with E-state index in [1.54, 1.807) is 25.3 Å². The third kappa shape index (κ3) is 2.36. The Morgan fingerprint density at radius 3 is 2.83 bits per heavy atom. The van der Waals surface area contributed by atoms with Crippen molar-refractivity contribution in [2.45, 2.75) is 25.9 Å². The lowest BCUT2D eigenvalue weighted by atomic mass is 9.84. The van der Waals surface area contributed by atoms with Crippen LogP contribution in [0.4, 0.5) is 0 Å². The van der Waals surface area contributed by atoms with Gasteiger partial charge in [0, 0.05) is 7.11 Å². The van der Waals surface area contributed by atoms with Gasteiger partial charge in [-0.3, -0.25) is 0 Å². The Morgan fingerprint density at radius 1 is 1.39 bits per heavy atom. The maximum Gasteiger partial charge on any atom is 0.236 e. The zero-order chi connectivity index (χ0) is 13.2. The Kier molecular flexibility index (Phi) is 3.34. The van der Waals surface area contributed by atoms with E-state index >= 15 is 0 Å². The first kappa shape index (κ1) is 12.6. The molecule has 2 aromatic rings. The molecule has 5 heteroatoms. The molecule has 1 heterocycles. The number of phenolic OH excluding ortho intramolecular Hbond substituents is 1. The minimum atomic E-state index is -0.461. The second-order valence-corrected chi connectivity index (χ2v) is 4.62. The highest BCUT2D eigenvalue weighted by atomic mass is 16.5. The van der Waals surface area contributed by atoms with Crippen molar-refractivity contribution in [3.05, 3.63) is 41.5 Å². The van der Waals surface area contributed by atoms with Gasteiger partial charge in [-0.2, -0.15) is 4.98 Å². The van der Waals surface area contributed by atoms with Crippen molar-refractivity contribution in [1.29, 1.82) is 0 Å². The monoisotopic (exact) mass is 248 g/mol. The molecule has 0 aliphatic rings. The van der Waals surface area contributed by atoms with E-state index in [4.69, 9.17) is 9.26 Å². The van der Waals surface area contributed by atoms with Gasteiger partial charge in [0.1, 0.15) is 12.4 Å². The number of aromatic nitrogens is 2. The number of nitrogens with zero attached hydrogens (tertiary/aromatic N) is 2. The molecule has 0 aliphatic heterocycles. The Labute approximate surface area is 105 Å². The predicted molar refractivity (Wildman–Crippen MR) is 65.2 cm³/mol. The van der Waals surface area contributed by atoms with Gasteiger partial charge in [-0.1, -0.05) is 17.3 Å². The molecule has 1 aromatic carbocycles. The number of phenols is 1. The Hall–Kier alpha value is -1.88. The van der Waals surface area contributed by atoms with Crippen molar-refractivity contribution >= 4 is 0 Å². The standard InChI is InChI=1S/C13H16N2O3/c1-13(2,9-5-4-6-10(16)7-9)12-14-11(8-17-3)15-18-12/h4-7,16H,8H2,1-3H3. The highest BCUT2D eigenvalue weighted by Gasteiger charge is 2.30. The van der Waals surface area contributed by atoms with Gasteiger partial charge >= 0.3 is 0 Å². The van der Waals surface area contributed by atoms with Gasteiger partial charge in [0.15, 0.2) is 5.82 Å². The Morgan fingerprint density at radius 2 is 2.17 bits per heavy atom. The summed E-state index contributed by atoms with van der Waals surface area (Å²) in [7, 11) is 1.58. The van der Waals surface area contributed by atoms with Crippen LogP contribution in [0.3, 0.4) is 0 Å². The zero-order valence-electron chi connectivity index (χ0n) is 10.7. The second-order valence-electron chi connectivity index (χ2n) is 4.62. The molecule has 96 valence electrons. The molecular formula is C13H16N2O3. The average molecular weight is 248 g/mol. The number of ether oxygens (including phenoxy) is 1. The fraction of sp³-hybridized carbons (Fsp3) is 0.385. The molecule has 0 radical (unpaired) electrons. The maximum atomic E-state index is 9.53. The minimum absolute atomic E-state index is 0.220. The maximum absolute atomic E-state index is 9.53. The van der Waals surface area contributed by atoms with Crippen molar-refractivity contribution in [2.24, 2.45) is 0 Å². The molecular weight excluding hydrogens is 232 g/mol. The van der Waals surface area contributed by atoms with Gasteiger partial charge in [-0.05, 0) is 31.5 Å². The lowest BCUT2D eigenvalue weighted by Gasteiger charge is -2.20. The van der Waals surface area contributed by atoms with Crippen LogP contribution in [-0.2, 0) is 16.8 Å². The highest BCUT2D eigenvalue weighted by Crippen LogP contribution is 2.31. The molecule has 0 atom stereocenters. The Bertz CT molecular complexity index is 535. The topological polar surface area (TPSA) is 68.4 Å². The summed E-state index contributed by atoms with van der Waals surface area (Å²) in [6.45, 7) is 4.25. The summed E-state index contributed by atoms with van der Waals surface area (Å²) in [6, 6.07) is 7.03. The molecule has 1 N–H and O–H groups in total. The number of methoxy groups -OCH3 is 1. The molecule has 18 heavy (non-hydrogen) atoms. The van der Waals surface area contributed by atoms with Gasteiger partial charge in [0.05, 0.1) is 5.41 Å². The molecule has 0 aliphatic carbocycles. The van der Waals surface area contributed by atoms with Crippen LogP contribution in [0.2, 0.25) is 0 Å². The molecule has 1 aromatic heterocycles. The lowest BCUT2D eigenvalue weighted by molar-refractivity contribution is 0.174. The van der Waals surface area contributed by atoms with Crippen LogP contribution >= 0.6 is 0 Å². The minimum Gasteiger partial charge on any atom is -0.508 e. The van der Waals surface area contributed by atoms with Gasteiger partial charge in [-0.15, -0.1) is 0 Å². The normalized spacial score (nSPS) is 11.7. The number of rotatable bonds is 4. The van der Waals surface area contributed by atoms with E-state index in [0.29, 0.717) is 18.3 Å². The van der Waals surface area contributed by atoms with E-state index in [1.807, 2.05) is 19.9 Å². The SMILES string of the molecule is COCc1noc(C(C)(C)c2cccc(O)c2)n1. The first-order valence-corrected chi connectivity index (χ1v) is 5.65. The van der Waals surface area contributed by atoms with Gasteiger partial charge in [-0.25, -0.2) is 0 Å². The quantitative estimate of drug-likeness (QED) is 0.898. The van der Waals surface area contributed by atoms with Crippen molar-refractivity contribution in [3.8, 4) is 5.75 Å². The first-order valence-electron chi connectivity index (χ1n) is 5.65. The number of hydrogen-bond acceptors (Lipinski definition) is 5. The molecule has 2 rings (SSSR count). The molecule has 0 saturated heterocycles. The highest BCUT2D eigenvalue weighted by molar-refractivity contribution is 5.35. The second kappa shape index (κ2) is 4.78. The van der Waals surface area contributed by atoms with Gasteiger partial charge in [0.25, 0.3) is 0 Å². The van der Waals surface area contributed by atoms with Crippen LogP contribution in [-0.4, -0.2) is 22.4 Å². The first-order chi connectivity index (χ1) is 8.54. The summed E-state index contributed by atoms with van der Waals surface area (Å²) in [5.41, 5.74) is 0.452. The van der Waals surface area contributed by atoms with Gasteiger partial charge < -0.3 is 14.4 Å². The summed E-state index contributed by atoms with van der Waals surface area (Å²) < 4.78 is 10.2. The van der Waals surface area contributed by atoms with E-state index in [2.05, 4.69) is 10.1 Å². The number of hydrogen-bond donors (Lipinski definition) is 1. The van der Waals surface area contributed by atoms with E-state index in [-0.39, 0.29) is 5.75 Å². The van der Waals surface area contributed by atoms with E-state index < -0.39 is 5.41 Å². The van der Waals surface area contributed by atoms with Crippen LogP contribution in [0, 0.1) is 0 Å². The van der Waals surface area contributed by atoms with Crippen molar-refractivity contribution < 1.29 is 14.4 Å². The molecule has 0 saturated carbocycles. The molecule has 0 amide bonds. The third-order valence-electron chi connectivity index (χ3n) is 2.84. The van der Waals surface area contributed by atoms with Crippen molar-refractivity contribution in [1.82, 2.24) is 10.1 Å².